The van der Waals surface area contributed by atoms with Gasteiger partial charge in [-0.1, -0.05) is 32.4 Å². The van der Waals surface area contributed by atoms with Gasteiger partial charge in [-0.3, -0.25) is 4.79 Å². The minimum Gasteiger partial charge on any atom is -0.309 e. The fourth-order valence-electron chi connectivity index (χ4n) is 0.802. The third kappa shape index (κ3) is 3.31. The zero-order chi connectivity index (χ0) is 11.6. The molecule has 1 rings (SSSR count). The van der Waals surface area contributed by atoms with Crippen molar-refractivity contribution < 1.29 is 4.79 Å². The molecule has 0 saturated carbocycles. The van der Waals surface area contributed by atoms with Crippen molar-refractivity contribution in [2.45, 2.75) is 20.8 Å². The number of nitrogens with one attached hydrogen (secondary N) is 1. The summed E-state index contributed by atoms with van der Waals surface area (Å²) in [6.07, 6.45) is 1.57. The van der Waals surface area contributed by atoms with Gasteiger partial charge < -0.3 is 5.32 Å². The van der Waals surface area contributed by atoms with Crippen LogP contribution in [0.5, 0.6) is 0 Å². The van der Waals surface area contributed by atoms with E-state index in [-0.39, 0.29) is 5.91 Å². The van der Waals surface area contributed by atoms with Crippen LogP contribution in [0.3, 0.4) is 0 Å². The Morgan fingerprint density at radius 1 is 1.53 bits per heavy atom. The normalized spacial score (nSPS) is 11.3. The Bertz CT molecular complexity index is 387. The Morgan fingerprint density at radius 3 is 2.67 bits per heavy atom. The molecule has 3 nitrogen and oxygen atoms in total. The third-order valence-corrected chi connectivity index (χ3v) is 3.48. The minimum absolute atomic E-state index is 0.0739. The van der Waals surface area contributed by atoms with Gasteiger partial charge in [0, 0.05) is 11.6 Å². The van der Waals surface area contributed by atoms with Crippen LogP contribution in [0, 0.1) is 8.99 Å². The van der Waals surface area contributed by atoms with Crippen LogP contribution in [0.4, 0.5) is 5.82 Å². The van der Waals surface area contributed by atoms with Crippen molar-refractivity contribution in [3.8, 4) is 0 Å². The molecule has 0 radical (unpaired) electrons. The summed E-state index contributed by atoms with van der Waals surface area (Å²) in [7, 11) is 0. The van der Waals surface area contributed by atoms with Gasteiger partial charge in [0.2, 0.25) is 5.91 Å². The lowest BCUT2D eigenvalue weighted by atomic mass is 9.96. The number of carbonyl (C=O) groups is 1. The second-order valence-electron chi connectivity index (χ2n) is 4.16. The first-order valence-electron chi connectivity index (χ1n) is 4.44. The Balaban J connectivity index is 2.91. The van der Waals surface area contributed by atoms with E-state index in [2.05, 4.69) is 32.9 Å². The molecule has 1 N–H and O–H groups in total. The number of anilines is 1. The zero-order valence-corrected chi connectivity index (χ0v) is 11.7. The quantitative estimate of drug-likeness (QED) is 0.798. The number of hydrogen-bond acceptors (Lipinski definition) is 2. The molecule has 82 valence electrons. The summed E-state index contributed by atoms with van der Waals surface area (Å²) < 4.78 is 0.759. The smallest absolute Gasteiger partial charge is 0.230 e. The maximum Gasteiger partial charge on any atom is 0.230 e. The number of pyridine rings is 1. The molecule has 0 unspecified atom stereocenters. The van der Waals surface area contributed by atoms with Crippen molar-refractivity contribution in [2.75, 3.05) is 5.32 Å². The molecule has 15 heavy (non-hydrogen) atoms. The molecule has 1 aromatic heterocycles. The minimum atomic E-state index is -0.437. The monoisotopic (exact) mass is 338 g/mol. The van der Waals surface area contributed by atoms with Crippen LogP contribution >= 0.6 is 34.2 Å². The van der Waals surface area contributed by atoms with Crippen molar-refractivity contribution in [1.82, 2.24) is 4.98 Å². The third-order valence-electron chi connectivity index (χ3n) is 1.76. The maximum absolute atomic E-state index is 11.7. The largest absolute Gasteiger partial charge is 0.309 e. The Hall–Kier alpha value is -0.360. The molecule has 5 heteroatoms. The van der Waals surface area contributed by atoms with Crippen molar-refractivity contribution in [3.63, 3.8) is 0 Å². The molecule has 0 atom stereocenters. The van der Waals surface area contributed by atoms with Gasteiger partial charge >= 0.3 is 0 Å². The summed E-state index contributed by atoms with van der Waals surface area (Å²) >= 11 is 7.97. The van der Waals surface area contributed by atoms with Gasteiger partial charge in [-0.15, -0.1) is 0 Å². The highest BCUT2D eigenvalue weighted by atomic mass is 127. The molecule has 0 aliphatic carbocycles. The lowest BCUT2D eigenvalue weighted by molar-refractivity contribution is -0.123. The summed E-state index contributed by atoms with van der Waals surface area (Å²) in [6, 6.07) is 1.69. The molecule has 0 bridgehead atoms. The van der Waals surface area contributed by atoms with Gasteiger partial charge in [-0.2, -0.15) is 0 Å². The number of amides is 1. The van der Waals surface area contributed by atoms with Gasteiger partial charge in [-0.25, -0.2) is 4.98 Å². The number of halogens is 2. The topological polar surface area (TPSA) is 42.0 Å². The van der Waals surface area contributed by atoms with E-state index in [1.165, 1.54) is 0 Å². The van der Waals surface area contributed by atoms with Crippen LogP contribution < -0.4 is 5.32 Å². The highest BCUT2D eigenvalue weighted by molar-refractivity contribution is 14.1. The van der Waals surface area contributed by atoms with Gasteiger partial charge in [0.05, 0.1) is 8.59 Å². The predicted octanol–water partition coefficient (Wildman–Crippen LogP) is 3.32. The second kappa shape index (κ2) is 4.65. The molecule has 0 aliphatic rings. The molecule has 0 spiro atoms. The van der Waals surface area contributed by atoms with E-state index in [0.29, 0.717) is 10.8 Å². The standard InChI is InChI=1S/C10H12ClIN2O/c1-10(2,3)9(15)14-8-7(12)6(11)4-5-13-8/h4-5H,1-3H3,(H,13,14,15). The number of carbonyl (C=O) groups excluding carboxylic acids is 1. The average Bonchev–Trinajstić information content (AvgIpc) is 2.11. The number of hydrogen-bond donors (Lipinski definition) is 1. The van der Waals surface area contributed by atoms with Crippen molar-refractivity contribution >= 4 is 45.9 Å². The Labute approximate surface area is 108 Å². The molecule has 1 amide bonds. The molecular formula is C10H12ClIN2O. The van der Waals surface area contributed by atoms with Crippen LogP contribution in [0.1, 0.15) is 20.8 Å². The highest BCUT2D eigenvalue weighted by Gasteiger charge is 2.22. The molecule has 0 aromatic carbocycles. The van der Waals surface area contributed by atoms with Gasteiger partial charge in [0.1, 0.15) is 5.82 Å². The Morgan fingerprint density at radius 2 is 2.13 bits per heavy atom. The molecular weight excluding hydrogens is 326 g/mol. The maximum atomic E-state index is 11.7. The van der Waals surface area contributed by atoms with E-state index >= 15 is 0 Å². The summed E-state index contributed by atoms with van der Waals surface area (Å²) in [5.74, 6) is 0.443. The van der Waals surface area contributed by atoms with Gasteiger partial charge in [-0.05, 0) is 28.7 Å². The van der Waals surface area contributed by atoms with E-state index in [1.54, 1.807) is 12.3 Å². The summed E-state index contributed by atoms with van der Waals surface area (Å²) in [4.78, 5) is 15.8. The summed E-state index contributed by atoms with van der Waals surface area (Å²) in [5, 5.41) is 3.34. The van der Waals surface area contributed by atoms with Crippen LogP contribution in [0.25, 0.3) is 0 Å². The lowest BCUT2D eigenvalue weighted by Crippen LogP contribution is -2.28. The number of nitrogens with zero attached hydrogens (tertiary/aromatic N) is 1. The van der Waals surface area contributed by atoms with E-state index in [4.69, 9.17) is 11.6 Å². The molecule has 1 aromatic rings. The molecule has 0 saturated heterocycles. The number of rotatable bonds is 1. The molecule has 0 fully saturated rings. The van der Waals surface area contributed by atoms with Crippen LogP contribution in [-0.4, -0.2) is 10.9 Å². The fraction of sp³-hybridized carbons (Fsp3) is 0.400. The fourth-order valence-corrected chi connectivity index (χ4v) is 1.40. The SMILES string of the molecule is CC(C)(C)C(=O)Nc1nccc(Cl)c1I. The van der Waals surface area contributed by atoms with Gasteiger partial charge in [0.15, 0.2) is 0 Å². The van der Waals surface area contributed by atoms with Crippen LogP contribution in [-0.2, 0) is 4.79 Å². The number of aromatic nitrogens is 1. The Kier molecular flexibility index (Phi) is 3.94. The average molecular weight is 339 g/mol. The summed E-state index contributed by atoms with van der Waals surface area (Å²) in [5.41, 5.74) is -0.437. The van der Waals surface area contributed by atoms with Gasteiger partial charge in [0.25, 0.3) is 0 Å². The van der Waals surface area contributed by atoms with Crippen molar-refractivity contribution in [1.29, 1.82) is 0 Å². The first-order valence-corrected chi connectivity index (χ1v) is 5.89. The van der Waals surface area contributed by atoms with E-state index in [0.717, 1.165) is 3.57 Å². The van der Waals surface area contributed by atoms with Crippen LogP contribution in [0.15, 0.2) is 12.3 Å². The van der Waals surface area contributed by atoms with Crippen molar-refractivity contribution in [3.05, 3.63) is 20.9 Å². The van der Waals surface area contributed by atoms with Crippen LogP contribution in [0.2, 0.25) is 5.02 Å². The predicted molar refractivity (Wildman–Crippen MR) is 70.0 cm³/mol. The first kappa shape index (κ1) is 12.7. The van der Waals surface area contributed by atoms with E-state index in [9.17, 15) is 4.79 Å². The first-order chi connectivity index (χ1) is 6.82. The highest BCUT2D eigenvalue weighted by Crippen LogP contribution is 2.25. The van der Waals surface area contributed by atoms with E-state index < -0.39 is 5.41 Å². The lowest BCUT2D eigenvalue weighted by Gasteiger charge is -2.17. The van der Waals surface area contributed by atoms with E-state index in [1.807, 2.05) is 20.8 Å². The van der Waals surface area contributed by atoms with Crippen molar-refractivity contribution in [2.24, 2.45) is 5.41 Å². The molecule has 0 aliphatic heterocycles. The second-order valence-corrected chi connectivity index (χ2v) is 5.65. The molecule has 1 heterocycles. The zero-order valence-electron chi connectivity index (χ0n) is 8.77. The summed E-state index contributed by atoms with van der Waals surface area (Å²) in [6.45, 7) is 5.54.